The fraction of sp³-hybridized carbons (Fsp3) is 0.538. The van der Waals surface area contributed by atoms with E-state index < -0.39 is 10.0 Å². The van der Waals surface area contributed by atoms with Crippen molar-refractivity contribution in [1.29, 1.82) is 0 Å². The third-order valence-corrected chi connectivity index (χ3v) is 5.16. The van der Waals surface area contributed by atoms with Crippen LogP contribution in [-0.2, 0) is 10.0 Å². The number of benzene rings is 1. The zero-order chi connectivity index (χ0) is 14.0. The van der Waals surface area contributed by atoms with Crippen LogP contribution in [-0.4, -0.2) is 31.9 Å². The van der Waals surface area contributed by atoms with Crippen LogP contribution in [0, 0.1) is 0 Å². The first kappa shape index (κ1) is 14.6. The van der Waals surface area contributed by atoms with Gasteiger partial charge < -0.3 is 4.74 Å². The van der Waals surface area contributed by atoms with Gasteiger partial charge in [0.25, 0.3) is 0 Å². The van der Waals surface area contributed by atoms with Crippen molar-refractivity contribution in [2.45, 2.75) is 37.7 Å². The van der Waals surface area contributed by atoms with Gasteiger partial charge in [-0.3, -0.25) is 0 Å². The summed E-state index contributed by atoms with van der Waals surface area (Å²) >= 11 is 6.08. The zero-order valence-corrected chi connectivity index (χ0v) is 12.7. The molecule has 0 radical (unpaired) electrons. The molecular formula is C13H18ClNO3S. The fourth-order valence-electron chi connectivity index (χ4n) is 2.07. The Morgan fingerprint density at radius 3 is 2.42 bits per heavy atom. The molecule has 4 nitrogen and oxygen atoms in total. The van der Waals surface area contributed by atoms with Crippen molar-refractivity contribution in [2.75, 3.05) is 13.1 Å². The molecule has 1 aromatic rings. The predicted molar refractivity (Wildman–Crippen MR) is 75.2 cm³/mol. The molecule has 0 bridgehead atoms. The smallest absolute Gasteiger partial charge is 0.243 e. The summed E-state index contributed by atoms with van der Waals surface area (Å²) in [4.78, 5) is 0.232. The fourth-order valence-corrected chi connectivity index (χ4v) is 3.90. The number of rotatable bonds is 4. The minimum absolute atomic E-state index is 0.00135. The van der Waals surface area contributed by atoms with E-state index in [1.807, 2.05) is 13.8 Å². The molecule has 0 atom stereocenters. The van der Waals surface area contributed by atoms with Crippen LogP contribution in [0.4, 0.5) is 0 Å². The molecule has 19 heavy (non-hydrogen) atoms. The number of ether oxygens (including phenoxy) is 1. The van der Waals surface area contributed by atoms with Gasteiger partial charge in [-0.25, -0.2) is 8.42 Å². The maximum atomic E-state index is 12.3. The summed E-state index contributed by atoms with van der Waals surface area (Å²) in [5, 5.41) is 0.328. The molecular weight excluding hydrogens is 286 g/mol. The van der Waals surface area contributed by atoms with Gasteiger partial charge in [0.15, 0.2) is 0 Å². The summed E-state index contributed by atoms with van der Waals surface area (Å²) in [5.41, 5.74) is 0. The Balaban J connectivity index is 2.28. The van der Waals surface area contributed by atoms with Gasteiger partial charge in [0, 0.05) is 13.1 Å². The Hall–Kier alpha value is -0.780. The average molecular weight is 304 g/mol. The van der Waals surface area contributed by atoms with Gasteiger partial charge in [-0.05, 0) is 44.9 Å². The van der Waals surface area contributed by atoms with Gasteiger partial charge in [-0.1, -0.05) is 11.6 Å². The molecule has 0 unspecified atom stereocenters. The maximum absolute atomic E-state index is 12.3. The van der Waals surface area contributed by atoms with Crippen LogP contribution in [0.15, 0.2) is 23.1 Å². The van der Waals surface area contributed by atoms with Crippen LogP contribution in [0.1, 0.15) is 26.7 Å². The number of nitrogens with zero attached hydrogens (tertiary/aromatic N) is 1. The summed E-state index contributed by atoms with van der Waals surface area (Å²) in [6.45, 7) is 4.96. The molecule has 0 spiro atoms. The Morgan fingerprint density at radius 1 is 1.26 bits per heavy atom. The lowest BCUT2D eigenvalue weighted by Crippen LogP contribution is -2.27. The molecule has 1 aliphatic rings. The quantitative estimate of drug-likeness (QED) is 0.859. The molecule has 1 saturated heterocycles. The second kappa shape index (κ2) is 5.69. The van der Waals surface area contributed by atoms with Crippen molar-refractivity contribution in [3.8, 4) is 5.75 Å². The molecule has 0 aliphatic carbocycles. The summed E-state index contributed by atoms with van der Waals surface area (Å²) in [6, 6.07) is 4.63. The highest BCUT2D eigenvalue weighted by molar-refractivity contribution is 7.89. The van der Waals surface area contributed by atoms with Crippen molar-refractivity contribution in [3.05, 3.63) is 23.2 Å². The van der Waals surface area contributed by atoms with Crippen molar-refractivity contribution < 1.29 is 13.2 Å². The molecule has 1 aromatic carbocycles. The summed E-state index contributed by atoms with van der Waals surface area (Å²) in [6.07, 6.45) is 1.83. The predicted octanol–water partition coefficient (Wildman–Crippen LogP) is 2.91. The molecule has 6 heteroatoms. The molecule has 1 aliphatic heterocycles. The molecule has 0 amide bonds. The molecule has 1 fully saturated rings. The Kier molecular flexibility index (Phi) is 4.38. The highest BCUT2D eigenvalue weighted by Gasteiger charge is 2.27. The Labute approximate surface area is 119 Å². The van der Waals surface area contributed by atoms with Gasteiger partial charge in [-0.15, -0.1) is 0 Å². The first-order valence-corrected chi connectivity index (χ1v) is 8.19. The minimum atomic E-state index is -3.41. The standard InChI is InChI=1S/C13H18ClNO3S/c1-10(2)18-13-6-5-11(9-12(13)14)19(16,17)15-7-3-4-8-15/h5-6,9-10H,3-4,7-8H2,1-2H3. The Bertz CT molecular complexity index is 551. The Morgan fingerprint density at radius 2 is 1.89 bits per heavy atom. The lowest BCUT2D eigenvalue weighted by atomic mass is 10.3. The van der Waals surface area contributed by atoms with E-state index in [0.29, 0.717) is 23.9 Å². The highest BCUT2D eigenvalue weighted by atomic mass is 35.5. The number of hydrogen-bond acceptors (Lipinski definition) is 3. The molecule has 1 heterocycles. The molecule has 2 rings (SSSR count). The van der Waals surface area contributed by atoms with Crippen LogP contribution in [0.3, 0.4) is 0 Å². The van der Waals surface area contributed by atoms with Crippen LogP contribution in [0.2, 0.25) is 5.02 Å². The monoisotopic (exact) mass is 303 g/mol. The van der Waals surface area contributed by atoms with Gasteiger partial charge in [0.2, 0.25) is 10.0 Å². The van der Waals surface area contributed by atoms with Crippen molar-refractivity contribution >= 4 is 21.6 Å². The van der Waals surface area contributed by atoms with Gasteiger partial charge in [-0.2, -0.15) is 4.31 Å². The van der Waals surface area contributed by atoms with E-state index in [1.165, 1.54) is 10.4 Å². The molecule has 0 aromatic heterocycles. The van der Waals surface area contributed by atoms with E-state index in [1.54, 1.807) is 12.1 Å². The molecule has 0 N–H and O–H groups in total. The molecule has 106 valence electrons. The average Bonchev–Trinajstić information content (AvgIpc) is 2.85. The number of halogens is 1. The van der Waals surface area contributed by atoms with Crippen molar-refractivity contribution in [2.24, 2.45) is 0 Å². The largest absolute Gasteiger partial charge is 0.489 e. The van der Waals surface area contributed by atoms with E-state index in [-0.39, 0.29) is 11.0 Å². The first-order chi connectivity index (χ1) is 8.91. The van der Waals surface area contributed by atoms with Crippen LogP contribution >= 0.6 is 11.6 Å². The normalized spacial score (nSPS) is 17.1. The van der Waals surface area contributed by atoms with Crippen molar-refractivity contribution in [1.82, 2.24) is 4.31 Å². The summed E-state index contributed by atoms with van der Waals surface area (Å²) < 4.78 is 31.7. The van der Waals surface area contributed by atoms with E-state index in [4.69, 9.17) is 16.3 Å². The summed E-state index contributed by atoms with van der Waals surface area (Å²) in [5.74, 6) is 0.511. The van der Waals surface area contributed by atoms with E-state index in [0.717, 1.165) is 12.8 Å². The third kappa shape index (κ3) is 3.22. The van der Waals surface area contributed by atoms with Crippen LogP contribution < -0.4 is 4.74 Å². The van der Waals surface area contributed by atoms with Gasteiger partial charge >= 0.3 is 0 Å². The third-order valence-electron chi connectivity index (χ3n) is 2.97. The lowest BCUT2D eigenvalue weighted by molar-refractivity contribution is 0.242. The SMILES string of the molecule is CC(C)Oc1ccc(S(=O)(=O)N2CCCC2)cc1Cl. The summed E-state index contributed by atoms with van der Waals surface area (Å²) in [7, 11) is -3.41. The molecule has 0 saturated carbocycles. The second-order valence-corrected chi connectivity index (χ2v) is 7.22. The van der Waals surface area contributed by atoms with Crippen LogP contribution in [0.5, 0.6) is 5.75 Å². The highest BCUT2D eigenvalue weighted by Crippen LogP contribution is 2.30. The van der Waals surface area contributed by atoms with Gasteiger partial charge in [0.05, 0.1) is 16.0 Å². The lowest BCUT2D eigenvalue weighted by Gasteiger charge is -2.17. The van der Waals surface area contributed by atoms with Gasteiger partial charge in [0.1, 0.15) is 5.75 Å². The van der Waals surface area contributed by atoms with Crippen LogP contribution in [0.25, 0.3) is 0 Å². The zero-order valence-electron chi connectivity index (χ0n) is 11.1. The number of sulfonamides is 1. The maximum Gasteiger partial charge on any atom is 0.243 e. The minimum Gasteiger partial charge on any atom is -0.489 e. The second-order valence-electron chi connectivity index (χ2n) is 4.87. The number of hydrogen-bond donors (Lipinski definition) is 0. The first-order valence-electron chi connectivity index (χ1n) is 6.37. The van der Waals surface area contributed by atoms with E-state index >= 15 is 0 Å². The van der Waals surface area contributed by atoms with E-state index in [2.05, 4.69) is 0 Å². The van der Waals surface area contributed by atoms with Crippen molar-refractivity contribution in [3.63, 3.8) is 0 Å². The van der Waals surface area contributed by atoms with E-state index in [9.17, 15) is 8.42 Å². The topological polar surface area (TPSA) is 46.6 Å².